The van der Waals surface area contributed by atoms with Crippen molar-refractivity contribution >= 4 is 54.6 Å². The number of carboxylic acids is 1. The Morgan fingerprint density at radius 2 is 1.93 bits per heavy atom. The molecule has 0 amide bonds. The Bertz CT molecular complexity index is 293. The number of aliphatic carboxylic acids is 1. The molecule has 1 rings (SSSR count). The van der Waals surface area contributed by atoms with Crippen molar-refractivity contribution in [2.75, 3.05) is 7.11 Å². The Kier molecular flexibility index (Phi) is 8.12. The first-order valence-electron chi connectivity index (χ1n) is 4.06. The van der Waals surface area contributed by atoms with Crippen LogP contribution >= 0.6 is 0 Å². The van der Waals surface area contributed by atoms with Crippen LogP contribution in [-0.4, -0.2) is 67.1 Å². The maximum atomic E-state index is 9.25. The Balaban J connectivity index is 0.000000292. The van der Waals surface area contributed by atoms with Crippen LogP contribution in [0, 0.1) is 0 Å². The summed E-state index contributed by atoms with van der Waals surface area (Å²) in [7, 11) is 1.69. The fourth-order valence-corrected chi connectivity index (χ4v) is 1.19. The van der Waals surface area contributed by atoms with Gasteiger partial charge in [-0.1, -0.05) is 6.58 Å². The third-order valence-corrected chi connectivity index (χ3v) is 2.47. The van der Waals surface area contributed by atoms with Crippen LogP contribution in [0.25, 0.3) is 0 Å². The van der Waals surface area contributed by atoms with Gasteiger partial charge in [-0.2, -0.15) is 0 Å². The van der Waals surface area contributed by atoms with Gasteiger partial charge in [-0.15, -0.1) is 0 Å². The van der Waals surface area contributed by atoms with Gasteiger partial charge in [0.25, 0.3) is 0 Å². The number of hydrogen-bond acceptors (Lipinski definition) is 2. The zero-order chi connectivity index (χ0) is 11.0. The molecule has 4 heteroatoms. The monoisotopic (exact) mass is 218 g/mol. The molecule has 1 aromatic carbocycles. The third kappa shape index (κ3) is 7.29. The molecule has 0 spiro atoms. The fraction of sp³-hybridized carbons (Fsp3) is 0.100. The summed E-state index contributed by atoms with van der Waals surface area (Å²) in [6.45, 7) is 2.96. The van der Waals surface area contributed by atoms with Crippen molar-refractivity contribution in [3.63, 3.8) is 0 Å². The van der Waals surface area contributed by atoms with E-state index in [0.29, 0.717) is 0 Å². The molecule has 3 nitrogen and oxygen atoms in total. The summed E-state index contributed by atoms with van der Waals surface area (Å²) < 4.78 is 6.44. The van der Waals surface area contributed by atoms with Crippen LogP contribution in [0.2, 0.25) is 0 Å². The second-order valence-electron chi connectivity index (χ2n) is 2.56. The quantitative estimate of drug-likeness (QED) is 0.588. The molecular weight excluding hydrogens is 207 g/mol. The van der Waals surface area contributed by atoms with Crippen molar-refractivity contribution in [2.24, 2.45) is 0 Å². The van der Waals surface area contributed by atoms with Gasteiger partial charge in [-0.25, -0.2) is 4.79 Å². The van der Waals surface area contributed by atoms with Gasteiger partial charge in [-0.3, -0.25) is 0 Å². The van der Waals surface area contributed by atoms with E-state index < -0.39 is 5.97 Å². The van der Waals surface area contributed by atoms with Crippen LogP contribution in [0.15, 0.2) is 36.9 Å². The first-order valence-corrected chi connectivity index (χ1v) is 5.62. The topological polar surface area (TPSA) is 46.5 Å². The van der Waals surface area contributed by atoms with Gasteiger partial charge in [-0.05, 0) is 0 Å². The first-order chi connectivity index (χ1) is 6.60. The molecule has 0 aromatic heterocycles. The summed E-state index contributed by atoms with van der Waals surface area (Å²) in [4.78, 5) is 9.25. The van der Waals surface area contributed by atoms with E-state index in [9.17, 15) is 4.79 Å². The maximum absolute atomic E-state index is 9.25. The Morgan fingerprint density at radius 1 is 1.50 bits per heavy atom. The zero-order valence-electron chi connectivity index (χ0n) is 8.36. The zero-order valence-corrected chi connectivity index (χ0v) is 11.5. The molecule has 1 aromatic rings. The van der Waals surface area contributed by atoms with Gasteiger partial charge in [0, 0.05) is 6.08 Å². The predicted molar refractivity (Wildman–Crippen MR) is 56.2 cm³/mol. The van der Waals surface area contributed by atoms with Crippen molar-refractivity contribution in [3.8, 4) is 5.75 Å². The van der Waals surface area contributed by atoms with Crippen molar-refractivity contribution in [3.05, 3.63) is 36.9 Å². The number of rotatable bonds is 2. The van der Waals surface area contributed by atoms with E-state index in [1.165, 1.54) is -0.342 Å². The minimum atomic E-state index is -0.981. The summed E-state index contributed by atoms with van der Waals surface area (Å²) in [5.41, 5.74) is 0. The summed E-state index contributed by atoms with van der Waals surface area (Å²) in [5.74, 6) is -0.0343. The number of carbonyl (C=O) groups is 1. The van der Waals surface area contributed by atoms with E-state index >= 15 is 0 Å². The molecule has 0 saturated carbocycles. The van der Waals surface area contributed by atoms with Gasteiger partial charge < -0.3 is 5.11 Å². The Labute approximate surface area is 117 Å². The summed E-state index contributed by atoms with van der Waals surface area (Å²) in [6.07, 6.45) is 0.833. The average Bonchev–Trinajstić information content (AvgIpc) is 2.20. The average molecular weight is 218 g/mol. The predicted octanol–water partition coefficient (Wildman–Crippen LogP) is 0.746. The number of benzene rings is 1. The normalized spacial score (nSPS) is 8.21. The van der Waals surface area contributed by atoms with Crippen molar-refractivity contribution < 1.29 is 14.6 Å². The van der Waals surface area contributed by atoms with Crippen molar-refractivity contribution in [2.45, 2.75) is 0 Å². The molecule has 0 radical (unpaired) electrons. The van der Waals surface area contributed by atoms with Gasteiger partial charge in [0.15, 0.2) is 0 Å². The van der Waals surface area contributed by atoms with Gasteiger partial charge in [0.2, 0.25) is 0 Å². The van der Waals surface area contributed by atoms with E-state index in [0.717, 1.165) is 60.8 Å². The third-order valence-electron chi connectivity index (χ3n) is 1.43. The second-order valence-corrected chi connectivity index (χ2v) is 4.36. The molecule has 0 atom stereocenters. The molecule has 0 bridgehead atoms. The van der Waals surface area contributed by atoms with Crippen LogP contribution < -0.4 is 4.39 Å². The number of ether oxygens (including phenoxy) is 1. The standard InChI is InChI=1S/C7H7O.C3H4O2.K/c1-8-7-5-3-2-4-6-7;1-2-3(4)5;/h3-6H,1H3;2H,1H2,(H,4,5);. The van der Waals surface area contributed by atoms with Crippen LogP contribution in [0.4, 0.5) is 0 Å². The molecule has 0 saturated heterocycles. The Hall–Kier alpha value is -0.134. The van der Waals surface area contributed by atoms with Crippen molar-refractivity contribution in [1.29, 1.82) is 0 Å². The molecule has 0 heterocycles. The molecule has 0 fully saturated rings. The number of methoxy groups -OCH3 is 1. The summed E-state index contributed by atoms with van der Waals surface area (Å²) in [5, 5.41) is 7.60. The van der Waals surface area contributed by atoms with Gasteiger partial charge >= 0.3 is 96.4 Å². The molecule has 0 unspecified atom stereocenters. The number of hydrogen-bond donors (Lipinski definition) is 1. The van der Waals surface area contributed by atoms with E-state index in [4.69, 9.17) is 9.84 Å². The molecule has 14 heavy (non-hydrogen) atoms. The van der Waals surface area contributed by atoms with E-state index in [2.05, 4.69) is 18.7 Å². The van der Waals surface area contributed by atoms with Crippen LogP contribution in [0.1, 0.15) is 0 Å². The van der Waals surface area contributed by atoms with Gasteiger partial charge in [0.05, 0.1) is 0 Å². The molecular formula is C10H11KO3. The first kappa shape index (κ1) is 13.9. The van der Waals surface area contributed by atoms with Crippen LogP contribution in [-0.2, 0) is 4.79 Å². The fourth-order valence-electron chi connectivity index (χ4n) is 0.674. The SMILES string of the molecule is C=CC(=O)O.COc1cc[c]([K])cc1. The van der Waals surface area contributed by atoms with Crippen LogP contribution in [0.5, 0.6) is 5.75 Å². The van der Waals surface area contributed by atoms with Gasteiger partial charge in [0.1, 0.15) is 0 Å². The van der Waals surface area contributed by atoms with E-state index in [1.54, 1.807) is 7.11 Å². The molecule has 0 aliphatic carbocycles. The van der Waals surface area contributed by atoms with Crippen LogP contribution in [0.3, 0.4) is 0 Å². The molecule has 0 aliphatic rings. The van der Waals surface area contributed by atoms with Crippen molar-refractivity contribution in [1.82, 2.24) is 0 Å². The molecule has 0 aliphatic heterocycles. The second kappa shape index (κ2) is 8.20. The molecule has 1 N–H and O–H groups in total. The minimum absolute atomic E-state index is 0.791. The Morgan fingerprint density at radius 3 is 2.21 bits per heavy atom. The van der Waals surface area contributed by atoms with E-state index in [-0.39, 0.29) is 0 Å². The van der Waals surface area contributed by atoms with E-state index in [1.807, 2.05) is 12.1 Å². The molecule has 70 valence electrons. The number of carboxylic acid groups (broad SMARTS) is 1. The summed E-state index contributed by atoms with van der Waals surface area (Å²) >= 11 is 0.791. The summed E-state index contributed by atoms with van der Waals surface area (Å²) in [6, 6.07) is 8.22.